The van der Waals surface area contributed by atoms with Gasteiger partial charge in [-0.2, -0.15) is 25.9 Å². The molecule has 2 fully saturated rings. The number of nitrogens with zero attached hydrogens (tertiary/aromatic N) is 2. The van der Waals surface area contributed by atoms with Crippen LogP contribution in [-0.4, -0.2) is 53.2 Å². The maximum Gasteiger partial charge on any atom is 0.00364 e. The first-order valence-corrected chi connectivity index (χ1v) is 7.73. The normalized spacial score (nSPS) is 11.7. The summed E-state index contributed by atoms with van der Waals surface area (Å²) in [4.78, 5) is 4.81. The van der Waals surface area contributed by atoms with E-state index in [9.17, 15) is 0 Å². The monoisotopic (exact) mass is 3950 g/mol. The number of hydrogen-bond donors (Lipinski definition) is 1. The fraction of sp³-hybridized carbons (Fsp3) is 0.875. The third-order valence-electron chi connectivity index (χ3n) is 4.19. The summed E-state index contributed by atoms with van der Waals surface area (Å²) in [5, 5.41) is 9.02. The predicted molar refractivity (Wildman–Crippen MR) is 81.4 cm³/mol. The number of likely N-dealkylation sites (tertiary alicyclic amines) is 2. The average Bonchev–Trinajstić information content (AvgIpc) is 2.77. The van der Waals surface area contributed by atoms with Gasteiger partial charge in [0.1, 0.15) is 0 Å². The van der Waals surface area contributed by atoms with E-state index in [1.165, 1.54) is 25.9 Å². The van der Waals surface area contributed by atoms with Crippen LogP contribution in [0, 0.1) is 12.0 Å². The molecule has 2 heterocycles. The summed E-state index contributed by atoms with van der Waals surface area (Å²) < 4.78 is 0. The minimum absolute atomic E-state index is 0. The van der Waals surface area contributed by atoms with Gasteiger partial charge in [0, 0.05) is 433 Å². The van der Waals surface area contributed by atoms with Crippen molar-refractivity contribution in [3.63, 3.8) is 0 Å². The molecule has 3 nitrogen and oxygen atoms in total. The van der Waals surface area contributed by atoms with Crippen molar-refractivity contribution in [2.24, 2.45) is 0 Å². The Kier molecular flexibility index (Phi) is 300. The molecular weight excluding hydrogens is 3910 g/mol. The number of rotatable bonds is 2. The van der Waals surface area contributed by atoms with Crippen molar-refractivity contribution in [3.05, 3.63) is 12.0 Å². The molecule has 39 heavy (non-hydrogen) atoms. The fourth-order valence-electron chi connectivity index (χ4n) is 2.53. The van der Waals surface area contributed by atoms with E-state index in [1.54, 1.807) is 5.92 Å². The molecule has 234 valence electrons. The first-order valence-electron chi connectivity index (χ1n) is 7.73. The van der Waals surface area contributed by atoms with Gasteiger partial charge in [0.05, 0.1) is 0 Å². The molecule has 2 rings (SSSR count). The summed E-state index contributed by atoms with van der Waals surface area (Å²) in [7, 11) is 0. The zero-order valence-corrected chi connectivity index (χ0v) is 80.3. The zero-order valence-electron chi connectivity index (χ0n) is 21.6. The molecular formula is C16H32N2OW20-2. The summed E-state index contributed by atoms with van der Waals surface area (Å²) >= 11 is 0. The van der Waals surface area contributed by atoms with Crippen molar-refractivity contribution in [2.75, 3.05) is 26.2 Å². The van der Waals surface area contributed by atoms with E-state index in [1.807, 2.05) is 0 Å². The molecule has 2 saturated heterocycles. The Morgan fingerprint density at radius 1 is 0.436 bits per heavy atom. The van der Waals surface area contributed by atoms with Crippen LogP contribution < -0.4 is 0 Å². The van der Waals surface area contributed by atoms with Gasteiger partial charge in [-0.25, -0.2) is 0 Å². The van der Waals surface area contributed by atoms with E-state index in [0.717, 1.165) is 25.6 Å². The topological polar surface area (TPSA) is 26.7 Å². The SMILES string of the molecule is CC(C)N1CC[C-](O)C1.C[C-]1CCN(C(C)C)CC1.[W].[W].[W].[W].[W].[W].[W].[W].[W].[W].[W].[W].[W].[W].[W].[W].[W].[W].[W].[W]. The van der Waals surface area contributed by atoms with Gasteiger partial charge in [-0.3, -0.25) is 0 Å². The molecule has 0 aromatic carbocycles. The first-order chi connectivity index (χ1) is 8.90. The van der Waals surface area contributed by atoms with Gasteiger partial charge in [0.15, 0.2) is 0 Å². The molecule has 0 atom stereocenters. The Hall–Kier alpha value is 13.6. The number of aliphatic hydroxyl groups is 1. The summed E-state index contributed by atoms with van der Waals surface area (Å²) in [6.45, 7) is 15.5. The molecule has 2 aliphatic heterocycles. The third-order valence-corrected chi connectivity index (χ3v) is 4.19. The van der Waals surface area contributed by atoms with Crippen LogP contribution in [0.25, 0.3) is 0 Å². The largest absolute Gasteiger partial charge is 0.562 e. The second-order valence-corrected chi connectivity index (χ2v) is 6.47. The minimum atomic E-state index is 0. The van der Waals surface area contributed by atoms with Crippen LogP contribution in [0.15, 0.2) is 0 Å². The van der Waals surface area contributed by atoms with Crippen molar-refractivity contribution < 1.29 is 426 Å². The van der Waals surface area contributed by atoms with E-state index in [0.29, 0.717) is 12.1 Å². The van der Waals surface area contributed by atoms with Crippen molar-refractivity contribution in [3.8, 4) is 0 Å². The fourth-order valence-corrected chi connectivity index (χ4v) is 2.53. The van der Waals surface area contributed by atoms with Gasteiger partial charge < -0.3 is 20.8 Å². The average molecular weight is 3950 g/mol. The minimum Gasteiger partial charge on any atom is -0.562 e. The first kappa shape index (κ1) is 132. The van der Waals surface area contributed by atoms with Crippen LogP contribution in [0.5, 0.6) is 0 Å². The Bertz CT molecular complexity index is 274. The van der Waals surface area contributed by atoms with Crippen molar-refractivity contribution in [2.45, 2.75) is 66.0 Å². The number of hydrogen-bond acceptors (Lipinski definition) is 3. The number of piperidine rings is 1. The van der Waals surface area contributed by atoms with Crippen LogP contribution in [0.1, 0.15) is 53.9 Å². The van der Waals surface area contributed by atoms with E-state index in [-0.39, 0.29) is 421 Å². The molecule has 0 aromatic rings. The van der Waals surface area contributed by atoms with Gasteiger partial charge in [-0.05, 0) is 47.3 Å². The molecule has 0 unspecified atom stereocenters. The summed E-state index contributed by atoms with van der Waals surface area (Å²) in [6, 6.07) is 1.32. The predicted octanol–water partition coefficient (Wildman–Crippen LogP) is 3.04. The Labute approximate surface area is 527 Å². The Balaban J connectivity index is -0.00000000681. The van der Waals surface area contributed by atoms with E-state index in [4.69, 9.17) is 5.11 Å². The molecule has 0 aromatic heterocycles. The van der Waals surface area contributed by atoms with Gasteiger partial charge in [-0.15, -0.1) is 13.0 Å². The Morgan fingerprint density at radius 3 is 0.821 bits per heavy atom. The van der Waals surface area contributed by atoms with Crippen molar-refractivity contribution in [1.82, 2.24) is 9.80 Å². The maximum atomic E-state index is 9.02. The molecule has 23 heteroatoms. The molecule has 0 aliphatic carbocycles. The summed E-state index contributed by atoms with van der Waals surface area (Å²) in [5.41, 5.74) is 0. The van der Waals surface area contributed by atoms with Crippen LogP contribution >= 0.6 is 0 Å². The van der Waals surface area contributed by atoms with E-state index >= 15 is 0 Å². The molecule has 0 saturated carbocycles. The molecule has 0 bridgehead atoms. The van der Waals surface area contributed by atoms with E-state index < -0.39 is 0 Å². The standard InChI is InChI=1S/C9H18N.C7H14NO.20W/c1-8(2)10-6-4-9(3)5-7-10;1-6(2)8-4-3-7(9)5-8;;;;;;;;;;;;;;;;;;;;/h8H,4-7H2,1-3H3;6,9H,3-5H2,1-2H3;;;;;;;;;;;;;;;;;;;;/q2*-1;;;;;;;;;;;;;;;;;;;;. The van der Waals surface area contributed by atoms with Crippen LogP contribution in [0.4, 0.5) is 0 Å². The molecule has 0 radical (unpaired) electrons. The maximum absolute atomic E-state index is 9.02. The smallest absolute Gasteiger partial charge is 0.00364 e. The molecule has 0 amide bonds. The second kappa shape index (κ2) is 88.7. The van der Waals surface area contributed by atoms with Gasteiger partial charge in [-0.1, -0.05) is 0 Å². The van der Waals surface area contributed by atoms with Gasteiger partial charge in [0.2, 0.25) is 0 Å². The van der Waals surface area contributed by atoms with E-state index in [2.05, 4.69) is 44.4 Å². The molecule has 1 N–H and O–H groups in total. The molecule has 2 aliphatic rings. The summed E-state index contributed by atoms with van der Waals surface area (Å²) in [6.07, 6.45) is 4.15. The van der Waals surface area contributed by atoms with Gasteiger partial charge >= 0.3 is 0 Å². The zero-order chi connectivity index (χ0) is 14.4. The van der Waals surface area contributed by atoms with Gasteiger partial charge in [0.25, 0.3) is 0 Å². The van der Waals surface area contributed by atoms with Crippen molar-refractivity contribution >= 4 is 0 Å². The van der Waals surface area contributed by atoms with Crippen LogP contribution in [-0.2, 0) is 421 Å². The number of aliphatic hydroxyl groups excluding tert-OH is 1. The van der Waals surface area contributed by atoms with Crippen molar-refractivity contribution in [1.29, 1.82) is 0 Å². The third kappa shape index (κ3) is 77.0. The molecule has 0 spiro atoms. The quantitative estimate of drug-likeness (QED) is 0.432. The van der Waals surface area contributed by atoms with Crippen LogP contribution in [0.3, 0.4) is 0 Å². The summed E-state index contributed by atoms with van der Waals surface area (Å²) in [5.74, 6) is 1.68. The van der Waals surface area contributed by atoms with Crippen LogP contribution in [0.2, 0.25) is 0 Å². The second-order valence-electron chi connectivity index (χ2n) is 6.47. The Morgan fingerprint density at radius 2 is 0.667 bits per heavy atom.